The largest absolute Gasteiger partial charge is 0.399 e. The van der Waals surface area contributed by atoms with Gasteiger partial charge in [-0.3, -0.25) is 4.21 Å². The second-order valence-electron chi connectivity index (χ2n) is 3.80. The summed E-state index contributed by atoms with van der Waals surface area (Å²) in [5.74, 6) is 0. The zero-order valence-electron chi connectivity index (χ0n) is 8.82. The molecule has 0 aromatic heterocycles. The van der Waals surface area contributed by atoms with Crippen molar-refractivity contribution < 1.29 is 8.95 Å². The minimum Gasteiger partial charge on any atom is -0.399 e. The topological polar surface area (TPSA) is 52.3 Å². The average molecular weight is 260 g/mol. The molecule has 1 aromatic rings. The first-order valence-electron chi connectivity index (χ1n) is 5.22. The monoisotopic (exact) mass is 259 g/mol. The number of rotatable bonds is 2. The van der Waals surface area contributed by atoms with Gasteiger partial charge < -0.3 is 10.5 Å². The Labute approximate surface area is 102 Å². The van der Waals surface area contributed by atoms with Crippen LogP contribution >= 0.6 is 11.6 Å². The highest BCUT2D eigenvalue weighted by Gasteiger charge is 2.23. The molecule has 88 valence electrons. The first-order valence-corrected chi connectivity index (χ1v) is 6.81. The predicted molar refractivity (Wildman–Crippen MR) is 66.1 cm³/mol. The van der Waals surface area contributed by atoms with Crippen molar-refractivity contribution >= 4 is 28.1 Å². The van der Waals surface area contributed by atoms with E-state index in [1.165, 1.54) is 0 Å². The van der Waals surface area contributed by atoms with Gasteiger partial charge in [-0.05, 0) is 31.0 Å². The van der Waals surface area contributed by atoms with Crippen LogP contribution in [0.4, 0.5) is 5.69 Å². The van der Waals surface area contributed by atoms with E-state index in [-0.39, 0.29) is 5.25 Å². The fourth-order valence-electron chi connectivity index (χ4n) is 1.74. The van der Waals surface area contributed by atoms with Crippen molar-refractivity contribution in [3.63, 3.8) is 0 Å². The van der Waals surface area contributed by atoms with Gasteiger partial charge in [-0.25, -0.2) is 0 Å². The van der Waals surface area contributed by atoms with E-state index in [9.17, 15) is 4.21 Å². The van der Waals surface area contributed by atoms with Crippen LogP contribution in [0.15, 0.2) is 23.1 Å². The van der Waals surface area contributed by atoms with Gasteiger partial charge in [-0.1, -0.05) is 11.6 Å². The van der Waals surface area contributed by atoms with Crippen LogP contribution < -0.4 is 5.73 Å². The van der Waals surface area contributed by atoms with Gasteiger partial charge in [0, 0.05) is 24.2 Å². The van der Waals surface area contributed by atoms with Crippen LogP contribution in [0.3, 0.4) is 0 Å². The molecule has 0 amide bonds. The third kappa shape index (κ3) is 2.56. The average Bonchev–Trinajstić information content (AvgIpc) is 2.32. The Morgan fingerprint density at radius 2 is 2.06 bits per heavy atom. The Balaban J connectivity index is 2.22. The Hall–Kier alpha value is -0.580. The maximum absolute atomic E-state index is 12.3. The van der Waals surface area contributed by atoms with Crippen molar-refractivity contribution in [3.8, 4) is 0 Å². The number of anilines is 1. The third-order valence-corrected chi connectivity index (χ3v) is 4.93. The molecule has 1 atom stereocenters. The first-order chi connectivity index (χ1) is 7.68. The van der Waals surface area contributed by atoms with Crippen molar-refractivity contribution in [1.29, 1.82) is 0 Å². The van der Waals surface area contributed by atoms with Gasteiger partial charge in [0.1, 0.15) is 0 Å². The molecule has 3 nitrogen and oxygen atoms in total. The summed E-state index contributed by atoms with van der Waals surface area (Å²) in [6.45, 7) is 1.35. The third-order valence-electron chi connectivity index (χ3n) is 2.64. The molecule has 16 heavy (non-hydrogen) atoms. The number of hydrogen-bond acceptors (Lipinski definition) is 3. The van der Waals surface area contributed by atoms with E-state index < -0.39 is 10.8 Å². The van der Waals surface area contributed by atoms with Crippen molar-refractivity contribution in [2.45, 2.75) is 23.0 Å². The summed E-state index contributed by atoms with van der Waals surface area (Å²) in [7, 11) is -1.08. The number of nitrogen functional groups attached to an aromatic ring is 1. The number of ether oxygens (including phenoxy) is 1. The predicted octanol–water partition coefficient (Wildman–Crippen LogP) is 2.21. The highest BCUT2D eigenvalue weighted by molar-refractivity contribution is 7.85. The molecule has 1 saturated heterocycles. The molecule has 1 aromatic carbocycles. The number of hydrogen-bond donors (Lipinski definition) is 1. The van der Waals surface area contributed by atoms with Gasteiger partial charge in [-0.2, -0.15) is 0 Å². The lowest BCUT2D eigenvalue weighted by Crippen LogP contribution is -2.25. The lowest BCUT2D eigenvalue weighted by atomic mass is 10.2. The summed E-state index contributed by atoms with van der Waals surface area (Å²) in [4.78, 5) is 0.647. The normalized spacial score (nSPS) is 19.6. The van der Waals surface area contributed by atoms with Gasteiger partial charge in [0.2, 0.25) is 0 Å². The van der Waals surface area contributed by atoms with Crippen LogP contribution in [-0.4, -0.2) is 22.7 Å². The van der Waals surface area contributed by atoms with Gasteiger partial charge in [-0.15, -0.1) is 0 Å². The van der Waals surface area contributed by atoms with Gasteiger partial charge in [0.25, 0.3) is 0 Å². The maximum Gasteiger partial charge on any atom is 0.0597 e. The van der Waals surface area contributed by atoms with Gasteiger partial charge in [0.15, 0.2) is 0 Å². The maximum atomic E-state index is 12.3. The van der Waals surface area contributed by atoms with Crippen molar-refractivity contribution in [3.05, 3.63) is 23.2 Å². The Morgan fingerprint density at radius 3 is 2.75 bits per heavy atom. The molecular formula is C11H14ClNO2S. The van der Waals surface area contributed by atoms with Crippen molar-refractivity contribution in [2.24, 2.45) is 0 Å². The van der Waals surface area contributed by atoms with Gasteiger partial charge in [0.05, 0.1) is 20.7 Å². The molecule has 0 radical (unpaired) electrons. The Bertz CT molecular complexity index is 405. The molecule has 1 aliphatic heterocycles. The summed E-state index contributed by atoms with van der Waals surface area (Å²) >= 11 is 6.03. The molecule has 1 aliphatic rings. The SMILES string of the molecule is Nc1ccc(Cl)c(S(=O)C2CCOCC2)c1. The van der Waals surface area contributed by atoms with Crippen LogP contribution in [0.5, 0.6) is 0 Å². The van der Waals surface area contributed by atoms with E-state index in [2.05, 4.69) is 0 Å². The highest BCUT2D eigenvalue weighted by atomic mass is 35.5. The van der Waals surface area contributed by atoms with Crippen LogP contribution in [-0.2, 0) is 15.5 Å². The fraction of sp³-hybridized carbons (Fsp3) is 0.455. The van der Waals surface area contributed by atoms with E-state index in [0.29, 0.717) is 28.8 Å². The minimum atomic E-state index is -1.08. The van der Waals surface area contributed by atoms with Crippen LogP contribution in [0.25, 0.3) is 0 Å². The molecule has 5 heteroatoms. The van der Waals surface area contributed by atoms with Crippen molar-refractivity contribution in [1.82, 2.24) is 0 Å². The standard InChI is InChI=1S/C11H14ClNO2S/c12-10-2-1-8(13)7-11(10)16(14)9-3-5-15-6-4-9/h1-2,7,9H,3-6,13H2. The highest BCUT2D eigenvalue weighted by Crippen LogP contribution is 2.27. The molecule has 2 rings (SSSR count). The second kappa shape index (κ2) is 5.17. The molecule has 0 saturated carbocycles. The van der Waals surface area contributed by atoms with Crippen LogP contribution in [0.2, 0.25) is 5.02 Å². The zero-order chi connectivity index (χ0) is 11.5. The first kappa shape index (κ1) is 11.9. The van der Waals surface area contributed by atoms with E-state index in [1.54, 1.807) is 18.2 Å². The molecule has 1 heterocycles. The number of nitrogens with two attached hydrogens (primary N) is 1. The second-order valence-corrected chi connectivity index (χ2v) is 5.91. The molecule has 0 spiro atoms. The van der Waals surface area contributed by atoms with E-state index in [0.717, 1.165) is 12.8 Å². The zero-order valence-corrected chi connectivity index (χ0v) is 10.4. The molecule has 0 bridgehead atoms. The number of benzene rings is 1. The van der Waals surface area contributed by atoms with E-state index in [4.69, 9.17) is 22.1 Å². The fourth-order valence-corrected chi connectivity index (χ4v) is 3.58. The lowest BCUT2D eigenvalue weighted by Gasteiger charge is -2.21. The molecule has 0 aliphatic carbocycles. The van der Waals surface area contributed by atoms with E-state index in [1.807, 2.05) is 0 Å². The molecule has 2 N–H and O–H groups in total. The summed E-state index contributed by atoms with van der Waals surface area (Å²) in [6.07, 6.45) is 1.63. The molecule has 1 unspecified atom stereocenters. The summed E-state index contributed by atoms with van der Waals surface area (Å²) in [5, 5.41) is 0.659. The number of halogens is 1. The summed E-state index contributed by atoms with van der Waals surface area (Å²) < 4.78 is 17.5. The Kier molecular flexibility index (Phi) is 3.84. The Morgan fingerprint density at radius 1 is 1.38 bits per heavy atom. The minimum absolute atomic E-state index is 0.132. The summed E-state index contributed by atoms with van der Waals surface area (Å²) in [6, 6.07) is 5.12. The van der Waals surface area contributed by atoms with Crippen LogP contribution in [0, 0.1) is 0 Å². The summed E-state index contributed by atoms with van der Waals surface area (Å²) in [5.41, 5.74) is 6.27. The smallest absolute Gasteiger partial charge is 0.0597 e. The molecule has 1 fully saturated rings. The van der Waals surface area contributed by atoms with Gasteiger partial charge >= 0.3 is 0 Å². The lowest BCUT2D eigenvalue weighted by molar-refractivity contribution is 0.0992. The quantitative estimate of drug-likeness (QED) is 0.829. The van der Waals surface area contributed by atoms with E-state index >= 15 is 0 Å². The molecular weight excluding hydrogens is 246 g/mol. The van der Waals surface area contributed by atoms with Crippen molar-refractivity contribution in [2.75, 3.05) is 18.9 Å². The van der Waals surface area contributed by atoms with Crippen LogP contribution in [0.1, 0.15) is 12.8 Å².